The van der Waals surface area contributed by atoms with Gasteiger partial charge in [-0.15, -0.1) is 0 Å². The van der Waals surface area contributed by atoms with Crippen LogP contribution in [0.1, 0.15) is 39.5 Å². The summed E-state index contributed by atoms with van der Waals surface area (Å²) >= 11 is 0. The van der Waals surface area contributed by atoms with Crippen LogP contribution >= 0.6 is 0 Å². The van der Waals surface area contributed by atoms with Gasteiger partial charge in [0.1, 0.15) is 0 Å². The van der Waals surface area contributed by atoms with Gasteiger partial charge < -0.3 is 4.74 Å². The second-order valence-electron chi connectivity index (χ2n) is 6.25. The van der Waals surface area contributed by atoms with E-state index >= 15 is 0 Å². The van der Waals surface area contributed by atoms with Crippen molar-refractivity contribution in [3.05, 3.63) is 0 Å². The Bertz CT molecular complexity index is 410. The number of hydrogen-bond donors (Lipinski definition) is 1. The van der Waals surface area contributed by atoms with Gasteiger partial charge in [0.2, 0.25) is 10.0 Å². The van der Waals surface area contributed by atoms with Crippen LogP contribution in [0, 0.1) is 0 Å². The standard InChI is InChI=1S/C13H26N2O3S/c1-11(2)15-8-7-13(10-15)6-4-5-12(18-13)9-14-19(3,16)17/h11-12,14H,4-10H2,1-3H3/t12-,13+/m0/s1. The Kier molecular flexibility index (Phi) is 4.55. The van der Waals surface area contributed by atoms with Gasteiger partial charge in [-0.3, -0.25) is 4.90 Å². The molecule has 0 radical (unpaired) electrons. The molecule has 19 heavy (non-hydrogen) atoms. The van der Waals surface area contributed by atoms with Crippen LogP contribution in [0.2, 0.25) is 0 Å². The van der Waals surface area contributed by atoms with E-state index in [1.54, 1.807) is 0 Å². The number of nitrogens with one attached hydrogen (secondary N) is 1. The molecular formula is C13H26N2O3S. The minimum Gasteiger partial charge on any atom is -0.369 e. The van der Waals surface area contributed by atoms with E-state index in [0.717, 1.165) is 38.8 Å². The SMILES string of the molecule is CC(C)N1CC[C@]2(CCC[C@@H](CNS(C)(=O)=O)O2)C1. The van der Waals surface area contributed by atoms with E-state index in [1.165, 1.54) is 6.26 Å². The number of sulfonamides is 1. The van der Waals surface area contributed by atoms with Gasteiger partial charge in [-0.05, 0) is 39.5 Å². The lowest BCUT2D eigenvalue weighted by Crippen LogP contribution is -2.47. The summed E-state index contributed by atoms with van der Waals surface area (Å²) in [6.45, 7) is 6.90. The predicted octanol–water partition coefficient (Wildman–Crippen LogP) is 0.958. The van der Waals surface area contributed by atoms with Gasteiger partial charge in [0.15, 0.2) is 0 Å². The van der Waals surface area contributed by atoms with Crippen LogP contribution < -0.4 is 4.72 Å². The molecule has 0 aromatic heterocycles. The van der Waals surface area contributed by atoms with E-state index in [1.807, 2.05) is 0 Å². The molecule has 2 rings (SSSR count). The van der Waals surface area contributed by atoms with Gasteiger partial charge in [-0.25, -0.2) is 13.1 Å². The molecular weight excluding hydrogens is 264 g/mol. The Morgan fingerprint density at radius 1 is 1.42 bits per heavy atom. The number of nitrogens with zero attached hydrogens (tertiary/aromatic N) is 1. The first kappa shape index (κ1) is 15.2. The van der Waals surface area contributed by atoms with E-state index in [-0.39, 0.29) is 11.7 Å². The minimum absolute atomic E-state index is 0.0237. The van der Waals surface area contributed by atoms with Gasteiger partial charge in [-0.2, -0.15) is 0 Å². The molecule has 6 heteroatoms. The lowest BCUT2D eigenvalue weighted by atomic mass is 9.90. The fourth-order valence-corrected chi connectivity index (χ4v) is 3.62. The molecule has 0 aromatic carbocycles. The number of likely N-dealkylation sites (tertiary alicyclic amines) is 1. The zero-order valence-corrected chi connectivity index (χ0v) is 13.0. The van der Waals surface area contributed by atoms with E-state index < -0.39 is 10.0 Å². The maximum atomic E-state index is 11.2. The maximum Gasteiger partial charge on any atom is 0.208 e. The van der Waals surface area contributed by atoms with Crippen LogP contribution in [-0.2, 0) is 14.8 Å². The van der Waals surface area contributed by atoms with Crippen LogP contribution in [0.5, 0.6) is 0 Å². The predicted molar refractivity (Wildman–Crippen MR) is 75.6 cm³/mol. The van der Waals surface area contributed by atoms with Crippen LogP contribution in [0.3, 0.4) is 0 Å². The summed E-state index contributed by atoms with van der Waals surface area (Å²) in [4.78, 5) is 2.45. The smallest absolute Gasteiger partial charge is 0.208 e. The fourth-order valence-electron chi connectivity index (χ4n) is 3.13. The van der Waals surface area contributed by atoms with Crippen molar-refractivity contribution in [2.45, 2.75) is 57.3 Å². The third-order valence-corrected chi connectivity index (χ3v) is 4.92. The molecule has 0 bridgehead atoms. The molecule has 0 unspecified atom stereocenters. The molecule has 0 amide bonds. The third kappa shape index (κ3) is 4.15. The highest BCUT2D eigenvalue weighted by atomic mass is 32.2. The van der Waals surface area contributed by atoms with Crippen LogP contribution in [0.15, 0.2) is 0 Å². The fraction of sp³-hybridized carbons (Fsp3) is 1.00. The van der Waals surface area contributed by atoms with Crippen molar-refractivity contribution in [1.82, 2.24) is 9.62 Å². The van der Waals surface area contributed by atoms with Crippen molar-refractivity contribution >= 4 is 10.0 Å². The Balaban J connectivity index is 1.90. The summed E-state index contributed by atoms with van der Waals surface area (Å²) in [5.41, 5.74) is -0.0353. The summed E-state index contributed by atoms with van der Waals surface area (Å²) in [5.74, 6) is 0. The molecule has 0 saturated carbocycles. The highest BCUT2D eigenvalue weighted by Crippen LogP contribution is 2.37. The number of rotatable bonds is 4. The summed E-state index contributed by atoms with van der Waals surface area (Å²) in [7, 11) is -3.12. The zero-order chi connectivity index (χ0) is 14.1. The molecule has 2 saturated heterocycles. The molecule has 0 aliphatic carbocycles. The van der Waals surface area contributed by atoms with Crippen molar-refractivity contribution in [3.63, 3.8) is 0 Å². The third-order valence-electron chi connectivity index (χ3n) is 4.22. The minimum atomic E-state index is -3.12. The van der Waals surface area contributed by atoms with Gasteiger partial charge in [-0.1, -0.05) is 0 Å². The largest absolute Gasteiger partial charge is 0.369 e. The number of ether oxygens (including phenoxy) is 1. The van der Waals surface area contributed by atoms with Gasteiger partial charge >= 0.3 is 0 Å². The second-order valence-corrected chi connectivity index (χ2v) is 8.08. The monoisotopic (exact) mass is 290 g/mol. The van der Waals surface area contributed by atoms with Crippen LogP contribution in [0.4, 0.5) is 0 Å². The van der Waals surface area contributed by atoms with Crippen molar-refractivity contribution in [3.8, 4) is 0 Å². The van der Waals surface area contributed by atoms with E-state index in [9.17, 15) is 8.42 Å². The first-order valence-electron chi connectivity index (χ1n) is 7.16. The topological polar surface area (TPSA) is 58.6 Å². The van der Waals surface area contributed by atoms with Crippen molar-refractivity contribution in [1.29, 1.82) is 0 Å². The first-order chi connectivity index (χ1) is 8.80. The van der Waals surface area contributed by atoms with Crippen LogP contribution in [0.25, 0.3) is 0 Å². The summed E-state index contributed by atoms with van der Waals surface area (Å²) < 4.78 is 31.1. The Morgan fingerprint density at radius 3 is 2.74 bits per heavy atom. The van der Waals surface area contributed by atoms with Crippen molar-refractivity contribution in [2.75, 3.05) is 25.9 Å². The van der Waals surface area contributed by atoms with E-state index in [0.29, 0.717) is 12.6 Å². The summed E-state index contributed by atoms with van der Waals surface area (Å²) in [6.07, 6.45) is 5.47. The van der Waals surface area contributed by atoms with Gasteiger partial charge in [0, 0.05) is 25.7 Å². The average Bonchev–Trinajstić information content (AvgIpc) is 2.70. The average molecular weight is 290 g/mol. The molecule has 2 aliphatic rings. The first-order valence-corrected chi connectivity index (χ1v) is 9.05. The normalized spacial score (nSPS) is 33.4. The molecule has 2 heterocycles. The zero-order valence-electron chi connectivity index (χ0n) is 12.2. The molecule has 2 aliphatic heterocycles. The Morgan fingerprint density at radius 2 is 2.16 bits per heavy atom. The van der Waals surface area contributed by atoms with Gasteiger partial charge in [0.05, 0.1) is 18.0 Å². The molecule has 112 valence electrons. The second kappa shape index (κ2) is 5.68. The van der Waals surface area contributed by atoms with Crippen LogP contribution in [-0.4, -0.2) is 57.0 Å². The summed E-state index contributed by atoms with van der Waals surface area (Å²) in [5, 5.41) is 0. The summed E-state index contributed by atoms with van der Waals surface area (Å²) in [6, 6.07) is 0.553. The molecule has 1 N–H and O–H groups in total. The molecule has 1 spiro atoms. The van der Waals surface area contributed by atoms with Crippen molar-refractivity contribution < 1.29 is 13.2 Å². The van der Waals surface area contributed by atoms with Crippen molar-refractivity contribution in [2.24, 2.45) is 0 Å². The Labute approximate surface area is 116 Å². The Hall–Kier alpha value is -0.170. The van der Waals surface area contributed by atoms with Gasteiger partial charge in [0.25, 0.3) is 0 Å². The molecule has 2 fully saturated rings. The lowest BCUT2D eigenvalue weighted by molar-refractivity contribution is -0.118. The van der Waals surface area contributed by atoms with E-state index in [4.69, 9.17) is 4.74 Å². The highest BCUT2D eigenvalue weighted by Gasteiger charge is 2.43. The molecule has 5 nitrogen and oxygen atoms in total. The highest BCUT2D eigenvalue weighted by molar-refractivity contribution is 7.88. The molecule has 2 atom stereocenters. The lowest BCUT2D eigenvalue weighted by Gasteiger charge is -2.39. The quantitative estimate of drug-likeness (QED) is 0.838. The number of hydrogen-bond acceptors (Lipinski definition) is 4. The molecule has 0 aromatic rings. The maximum absolute atomic E-state index is 11.2. The van der Waals surface area contributed by atoms with E-state index in [2.05, 4.69) is 23.5 Å².